The van der Waals surface area contributed by atoms with Crippen molar-refractivity contribution in [2.45, 2.75) is 25.8 Å². The summed E-state index contributed by atoms with van der Waals surface area (Å²) in [7, 11) is 1.95. The van der Waals surface area contributed by atoms with Gasteiger partial charge in [0.05, 0.1) is 6.20 Å². The molecule has 0 saturated heterocycles. The third-order valence-corrected chi connectivity index (χ3v) is 4.04. The van der Waals surface area contributed by atoms with Crippen LogP contribution in [0.25, 0.3) is 0 Å². The molecule has 2 rings (SSSR count). The van der Waals surface area contributed by atoms with Crippen LogP contribution in [0, 0.1) is 0 Å². The van der Waals surface area contributed by atoms with E-state index >= 15 is 0 Å². The van der Waals surface area contributed by atoms with Gasteiger partial charge < -0.3 is 5.32 Å². The Morgan fingerprint density at radius 3 is 2.50 bits per heavy atom. The molecule has 0 bridgehead atoms. The van der Waals surface area contributed by atoms with Gasteiger partial charge in [0.15, 0.2) is 0 Å². The lowest BCUT2D eigenvalue weighted by molar-refractivity contribution is 0.528. The first-order valence-electron chi connectivity index (χ1n) is 6.75. The minimum Gasteiger partial charge on any atom is -0.310 e. The van der Waals surface area contributed by atoms with E-state index in [0.717, 1.165) is 28.3 Å². The first kappa shape index (κ1) is 15.7. The second-order valence-corrected chi connectivity index (χ2v) is 6.77. The van der Waals surface area contributed by atoms with Gasteiger partial charge in [0.25, 0.3) is 0 Å². The molecular formula is C15H19Br2N3. The van der Waals surface area contributed by atoms with Crippen molar-refractivity contribution in [3.63, 3.8) is 0 Å². The Balaban J connectivity index is 2.21. The average molecular weight is 401 g/mol. The first-order chi connectivity index (χ1) is 9.58. The highest BCUT2D eigenvalue weighted by Crippen LogP contribution is 2.26. The Hall–Kier alpha value is -0.650. The van der Waals surface area contributed by atoms with Crippen molar-refractivity contribution in [1.82, 2.24) is 15.1 Å². The van der Waals surface area contributed by atoms with Crippen LogP contribution < -0.4 is 5.32 Å². The maximum absolute atomic E-state index is 4.25. The molecule has 0 saturated carbocycles. The standard InChI is InChI=1S/C15H19Br2N3/c1-3-4-18-15(5-11-9-19-20(2)10-11)12-6-13(16)8-14(17)7-12/h6-10,15,18H,3-5H2,1-2H3. The highest BCUT2D eigenvalue weighted by Gasteiger charge is 2.13. The molecule has 1 atom stereocenters. The van der Waals surface area contributed by atoms with E-state index in [1.165, 1.54) is 11.1 Å². The molecule has 1 heterocycles. The van der Waals surface area contributed by atoms with E-state index in [2.05, 4.69) is 73.6 Å². The summed E-state index contributed by atoms with van der Waals surface area (Å²) in [6.45, 7) is 3.19. The van der Waals surface area contributed by atoms with Crippen LogP contribution in [0.5, 0.6) is 0 Å². The number of hydrogen-bond acceptors (Lipinski definition) is 2. The summed E-state index contributed by atoms with van der Waals surface area (Å²) < 4.78 is 4.04. The normalized spacial score (nSPS) is 12.6. The largest absolute Gasteiger partial charge is 0.310 e. The van der Waals surface area contributed by atoms with Crippen molar-refractivity contribution in [2.24, 2.45) is 7.05 Å². The number of rotatable bonds is 6. The second-order valence-electron chi connectivity index (χ2n) is 4.94. The fraction of sp³-hybridized carbons (Fsp3) is 0.400. The fourth-order valence-corrected chi connectivity index (χ4v) is 3.54. The molecule has 1 aromatic heterocycles. The van der Waals surface area contributed by atoms with E-state index in [4.69, 9.17) is 0 Å². The zero-order valence-electron chi connectivity index (χ0n) is 11.7. The van der Waals surface area contributed by atoms with E-state index in [-0.39, 0.29) is 0 Å². The van der Waals surface area contributed by atoms with Gasteiger partial charge in [0.2, 0.25) is 0 Å². The summed E-state index contributed by atoms with van der Waals surface area (Å²) in [5.41, 5.74) is 2.53. The van der Waals surface area contributed by atoms with Crippen molar-refractivity contribution in [2.75, 3.05) is 6.54 Å². The van der Waals surface area contributed by atoms with Gasteiger partial charge in [0, 0.05) is 28.2 Å². The van der Waals surface area contributed by atoms with Crippen molar-refractivity contribution < 1.29 is 0 Å². The number of hydrogen-bond donors (Lipinski definition) is 1. The van der Waals surface area contributed by atoms with Gasteiger partial charge >= 0.3 is 0 Å². The van der Waals surface area contributed by atoms with Crippen LogP contribution in [-0.2, 0) is 13.5 Å². The quantitative estimate of drug-likeness (QED) is 0.786. The van der Waals surface area contributed by atoms with E-state index in [9.17, 15) is 0 Å². The van der Waals surface area contributed by atoms with Crippen molar-refractivity contribution in [3.8, 4) is 0 Å². The number of nitrogens with one attached hydrogen (secondary N) is 1. The molecule has 0 aliphatic heterocycles. The van der Waals surface area contributed by atoms with Crippen LogP contribution in [0.1, 0.15) is 30.5 Å². The Morgan fingerprint density at radius 1 is 1.25 bits per heavy atom. The van der Waals surface area contributed by atoms with Gasteiger partial charge in [0.1, 0.15) is 0 Å². The molecule has 1 unspecified atom stereocenters. The Labute approximate surface area is 137 Å². The summed E-state index contributed by atoms with van der Waals surface area (Å²) in [6, 6.07) is 6.71. The molecule has 0 aliphatic carbocycles. The number of halogens is 2. The lowest BCUT2D eigenvalue weighted by Gasteiger charge is -2.19. The molecule has 0 radical (unpaired) electrons. The Kier molecular flexibility index (Phi) is 5.81. The smallest absolute Gasteiger partial charge is 0.0522 e. The summed E-state index contributed by atoms with van der Waals surface area (Å²) in [5, 5.41) is 7.87. The van der Waals surface area contributed by atoms with Crippen LogP contribution in [0.15, 0.2) is 39.5 Å². The highest BCUT2D eigenvalue weighted by molar-refractivity contribution is 9.11. The predicted molar refractivity (Wildman–Crippen MR) is 89.8 cm³/mol. The van der Waals surface area contributed by atoms with E-state index in [1.807, 2.05) is 17.9 Å². The van der Waals surface area contributed by atoms with Gasteiger partial charge in [-0.3, -0.25) is 4.68 Å². The zero-order valence-corrected chi connectivity index (χ0v) is 14.9. The molecule has 0 spiro atoms. The van der Waals surface area contributed by atoms with E-state index in [1.54, 1.807) is 0 Å². The SMILES string of the molecule is CCCNC(Cc1cnn(C)c1)c1cc(Br)cc(Br)c1. The highest BCUT2D eigenvalue weighted by atomic mass is 79.9. The molecule has 5 heteroatoms. The molecule has 0 aliphatic rings. The van der Waals surface area contributed by atoms with Crippen LogP contribution in [-0.4, -0.2) is 16.3 Å². The topological polar surface area (TPSA) is 29.9 Å². The molecule has 20 heavy (non-hydrogen) atoms. The average Bonchev–Trinajstić information content (AvgIpc) is 2.79. The third kappa shape index (κ3) is 4.43. The van der Waals surface area contributed by atoms with Gasteiger partial charge in [-0.25, -0.2) is 0 Å². The first-order valence-corrected chi connectivity index (χ1v) is 8.34. The molecule has 0 amide bonds. The number of aryl methyl sites for hydroxylation is 1. The maximum Gasteiger partial charge on any atom is 0.0522 e. The summed E-state index contributed by atoms with van der Waals surface area (Å²) in [5.74, 6) is 0. The third-order valence-electron chi connectivity index (χ3n) is 3.13. The lowest BCUT2D eigenvalue weighted by atomic mass is 10.0. The second kappa shape index (κ2) is 7.38. The Bertz CT molecular complexity index is 546. The fourth-order valence-electron chi connectivity index (χ4n) is 2.22. The Morgan fingerprint density at radius 2 is 1.95 bits per heavy atom. The van der Waals surface area contributed by atoms with Crippen LogP contribution in [0.4, 0.5) is 0 Å². The van der Waals surface area contributed by atoms with E-state index in [0.29, 0.717) is 6.04 Å². The van der Waals surface area contributed by atoms with Crippen molar-refractivity contribution >= 4 is 31.9 Å². The summed E-state index contributed by atoms with van der Waals surface area (Å²) in [6.07, 6.45) is 6.08. The number of aromatic nitrogens is 2. The predicted octanol–water partition coefficient (Wildman–Crippen LogP) is 4.23. The van der Waals surface area contributed by atoms with Crippen LogP contribution in [0.2, 0.25) is 0 Å². The van der Waals surface area contributed by atoms with E-state index < -0.39 is 0 Å². The van der Waals surface area contributed by atoms with Gasteiger partial charge in [-0.05, 0) is 48.7 Å². The van der Waals surface area contributed by atoms with Crippen LogP contribution in [0.3, 0.4) is 0 Å². The number of nitrogens with zero attached hydrogens (tertiary/aromatic N) is 2. The molecule has 3 nitrogen and oxygen atoms in total. The number of benzene rings is 1. The summed E-state index contributed by atoms with van der Waals surface area (Å²) in [4.78, 5) is 0. The molecule has 0 fully saturated rings. The van der Waals surface area contributed by atoms with Gasteiger partial charge in [-0.15, -0.1) is 0 Å². The monoisotopic (exact) mass is 399 g/mol. The lowest BCUT2D eigenvalue weighted by Crippen LogP contribution is -2.24. The van der Waals surface area contributed by atoms with Crippen molar-refractivity contribution in [3.05, 3.63) is 50.7 Å². The minimum absolute atomic E-state index is 0.299. The molecule has 108 valence electrons. The van der Waals surface area contributed by atoms with Gasteiger partial charge in [-0.2, -0.15) is 5.10 Å². The minimum atomic E-state index is 0.299. The molecule has 2 aromatic rings. The summed E-state index contributed by atoms with van der Waals surface area (Å²) >= 11 is 7.13. The van der Waals surface area contributed by atoms with Crippen molar-refractivity contribution in [1.29, 1.82) is 0 Å². The molecule has 1 aromatic carbocycles. The maximum atomic E-state index is 4.25. The van der Waals surface area contributed by atoms with Gasteiger partial charge in [-0.1, -0.05) is 38.8 Å². The van der Waals surface area contributed by atoms with Crippen LogP contribution >= 0.6 is 31.9 Å². The molecular weight excluding hydrogens is 382 g/mol. The zero-order chi connectivity index (χ0) is 14.5. The molecule has 1 N–H and O–H groups in total.